The van der Waals surface area contributed by atoms with E-state index in [2.05, 4.69) is 46.1 Å². The number of rotatable bonds is 5. The minimum Gasteiger partial charge on any atom is -0.353 e. The molecule has 0 aliphatic carbocycles. The molecular weight excluding hydrogens is 380 g/mol. The Bertz CT molecular complexity index is 954. The molecule has 0 atom stereocenters. The zero-order valence-corrected chi connectivity index (χ0v) is 17.3. The number of carbonyl (C=O) groups excluding carboxylic acids is 1. The molecule has 1 saturated heterocycles. The topological polar surface area (TPSA) is 49.3 Å². The minimum atomic E-state index is 0.196. The van der Waals surface area contributed by atoms with E-state index in [4.69, 9.17) is 0 Å². The fourth-order valence-corrected chi connectivity index (χ4v) is 4.16. The van der Waals surface area contributed by atoms with E-state index in [1.165, 1.54) is 5.56 Å². The van der Waals surface area contributed by atoms with Gasteiger partial charge in [0.1, 0.15) is 12.1 Å². The van der Waals surface area contributed by atoms with E-state index < -0.39 is 0 Å². The summed E-state index contributed by atoms with van der Waals surface area (Å²) in [7, 11) is 0. The maximum Gasteiger partial charge on any atom is 0.233 e. The van der Waals surface area contributed by atoms with Crippen molar-refractivity contribution in [3.63, 3.8) is 0 Å². The van der Waals surface area contributed by atoms with Crippen molar-refractivity contribution in [3.05, 3.63) is 72.6 Å². The van der Waals surface area contributed by atoms with Crippen molar-refractivity contribution in [2.24, 2.45) is 0 Å². The van der Waals surface area contributed by atoms with Gasteiger partial charge in [0.2, 0.25) is 5.91 Å². The predicted molar refractivity (Wildman–Crippen MR) is 118 cm³/mol. The quantitative estimate of drug-likeness (QED) is 0.604. The first-order valence-corrected chi connectivity index (χ1v) is 10.8. The molecule has 4 rings (SSSR count). The molecule has 0 radical (unpaired) electrons. The zero-order chi connectivity index (χ0) is 20.1. The normalized spacial score (nSPS) is 14.1. The summed E-state index contributed by atoms with van der Waals surface area (Å²) in [4.78, 5) is 26.7. The van der Waals surface area contributed by atoms with Crippen LogP contribution in [0.1, 0.15) is 5.56 Å². The van der Waals surface area contributed by atoms with Gasteiger partial charge in [0.25, 0.3) is 0 Å². The summed E-state index contributed by atoms with van der Waals surface area (Å²) in [5.41, 5.74) is 3.24. The van der Waals surface area contributed by atoms with Crippen molar-refractivity contribution in [1.29, 1.82) is 0 Å². The highest BCUT2D eigenvalue weighted by Crippen LogP contribution is 2.23. The number of aromatic nitrogens is 2. The Morgan fingerprint density at radius 2 is 1.69 bits per heavy atom. The van der Waals surface area contributed by atoms with Crippen LogP contribution in [0.15, 0.2) is 71.9 Å². The molecule has 148 valence electrons. The van der Waals surface area contributed by atoms with E-state index in [9.17, 15) is 4.79 Å². The van der Waals surface area contributed by atoms with Gasteiger partial charge in [-0.1, -0.05) is 48.0 Å². The number of thioether (sulfide) groups is 1. The van der Waals surface area contributed by atoms with Crippen LogP contribution in [-0.2, 0) is 4.79 Å². The lowest BCUT2D eigenvalue weighted by Gasteiger charge is -2.35. The second-order valence-corrected chi connectivity index (χ2v) is 8.15. The second-order valence-electron chi connectivity index (χ2n) is 7.10. The van der Waals surface area contributed by atoms with Gasteiger partial charge in [0.15, 0.2) is 0 Å². The summed E-state index contributed by atoms with van der Waals surface area (Å²) in [6, 6.07) is 20.5. The van der Waals surface area contributed by atoms with Gasteiger partial charge < -0.3 is 9.80 Å². The lowest BCUT2D eigenvalue weighted by Crippen LogP contribution is -2.49. The maximum absolute atomic E-state index is 12.5. The number of hydrogen-bond donors (Lipinski definition) is 0. The first-order valence-electron chi connectivity index (χ1n) is 9.79. The fraction of sp³-hybridized carbons (Fsp3) is 0.261. The highest BCUT2D eigenvalue weighted by Gasteiger charge is 2.22. The number of anilines is 1. The molecule has 0 unspecified atom stereocenters. The molecule has 0 bridgehead atoms. The van der Waals surface area contributed by atoms with Gasteiger partial charge >= 0.3 is 0 Å². The van der Waals surface area contributed by atoms with Crippen molar-refractivity contribution in [3.8, 4) is 11.3 Å². The summed E-state index contributed by atoms with van der Waals surface area (Å²) in [6.45, 7) is 5.09. The van der Waals surface area contributed by atoms with E-state index in [1.54, 1.807) is 18.1 Å². The van der Waals surface area contributed by atoms with Crippen molar-refractivity contribution in [2.75, 3.05) is 36.8 Å². The number of benzene rings is 2. The van der Waals surface area contributed by atoms with Crippen LogP contribution in [0.2, 0.25) is 0 Å². The third kappa shape index (κ3) is 4.95. The third-order valence-electron chi connectivity index (χ3n) is 5.06. The first-order chi connectivity index (χ1) is 14.2. The average molecular weight is 405 g/mol. The SMILES string of the molecule is Cc1ccc(-c2cc(N3CCN(C(=O)CSc4ccccc4)CC3)ncn2)cc1. The van der Waals surface area contributed by atoms with Crippen LogP contribution in [0, 0.1) is 6.92 Å². The lowest BCUT2D eigenvalue weighted by atomic mass is 10.1. The molecular formula is C23H24N4OS. The third-order valence-corrected chi connectivity index (χ3v) is 6.06. The van der Waals surface area contributed by atoms with Crippen molar-refractivity contribution in [2.45, 2.75) is 11.8 Å². The van der Waals surface area contributed by atoms with Gasteiger partial charge in [0, 0.05) is 42.7 Å². The summed E-state index contributed by atoms with van der Waals surface area (Å²) < 4.78 is 0. The van der Waals surface area contributed by atoms with Gasteiger partial charge in [-0.3, -0.25) is 4.79 Å². The number of nitrogens with zero attached hydrogens (tertiary/aromatic N) is 4. The molecule has 29 heavy (non-hydrogen) atoms. The van der Waals surface area contributed by atoms with Crippen LogP contribution in [-0.4, -0.2) is 52.7 Å². The minimum absolute atomic E-state index is 0.196. The molecule has 0 saturated carbocycles. The standard InChI is InChI=1S/C23H24N4OS/c1-18-7-9-19(10-8-18)21-15-22(25-17-24-21)26-11-13-27(14-12-26)23(28)16-29-20-5-3-2-4-6-20/h2-10,15,17H,11-14,16H2,1H3. The van der Waals surface area contributed by atoms with Gasteiger partial charge in [-0.15, -0.1) is 11.8 Å². The van der Waals surface area contributed by atoms with E-state index >= 15 is 0 Å². The van der Waals surface area contributed by atoms with Crippen LogP contribution in [0.3, 0.4) is 0 Å². The Morgan fingerprint density at radius 3 is 2.41 bits per heavy atom. The number of carbonyl (C=O) groups is 1. The molecule has 5 nitrogen and oxygen atoms in total. The summed E-state index contributed by atoms with van der Waals surface area (Å²) in [5.74, 6) is 1.60. The Balaban J connectivity index is 1.34. The number of amides is 1. The lowest BCUT2D eigenvalue weighted by molar-refractivity contribution is -0.128. The smallest absolute Gasteiger partial charge is 0.233 e. The molecule has 0 N–H and O–H groups in total. The Hall–Kier alpha value is -2.86. The number of piperazine rings is 1. The van der Waals surface area contributed by atoms with Crippen LogP contribution < -0.4 is 4.90 Å². The van der Waals surface area contributed by atoms with E-state index in [-0.39, 0.29) is 5.91 Å². The van der Waals surface area contributed by atoms with Crippen LogP contribution in [0.5, 0.6) is 0 Å². The molecule has 3 aromatic rings. The monoisotopic (exact) mass is 404 g/mol. The van der Waals surface area contributed by atoms with Crippen molar-refractivity contribution in [1.82, 2.24) is 14.9 Å². The van der Waals surface area contributed by atoms with Gasteiger partial charge in [-0.2, -0.15) is 0 Å². The molecule has 1 fully saturated rings. The van der Waals surface area contributed by atoms with Crippen LogP contribution >= 0.6 is 11.8 Å². The molecule has 0 spiro atoms. The maximum atomic E-state index is 12.5. The van der Waals surface area contributed by atoms with E-state index in [0.717, 1.165) is 48.1 Å². The summed E-state index contributed by atoms with van der Waals surface area (Å²) in [6.07, 6.45) is 1.62. The molecule has 1 aliphatic rings. The van der Waals surface area contributed by atoms with Gasteiger partial charge in [0.05, 0.1) is 11.4 Å². The largest absolute Gasteiger partial charge is 0.353 e. The van der Waals surface area contributed by atoms with Crippen LogP contribution in [0.25, 0.3) is 11.3 Å². The van der Waals surface area contributed by atoms with E-state index in [1.807, 2.05) is 41.3 Å². The zero-order valence-electron chi connectivity index (χ0n) is 16.5. The highest BCUT2D eigenvalue weighted by molar-refractivity contribution is 8.00. The fourth-order valence-electron chi connectivity index (χ4n) is 3.34. The summed E-state index contributed by atoms with van der Waals surface area (Å²) >= 11 is 1.59. The number of hydrogen-bond acceptors (Lipinski definition) is 5. The molecule has 1 aromatic heterocycles. The highest BCUT2D eigenvalue weighted by atomic mass is 32.2. The van der Waals surface area contributed by atoms with E-state index in [0.29, 0.717) is 5.75 Å². The van der Waals surface area contributed by atoms with Crippen LogP contribution in [0.4, 0.5) is 5.82 Å². The van der Waals surface area contributed by atoms with Gasteiger partial charge in [-0.05, 0) is 19.1 Å². The predicted octanol–water partition coefficient (Wildman–Crippen LogP) is 3.89. The average Bonchev–Trinajstić information content (AvgIpc) is 2.79. The van der Waals surface area contributed by atoms with Crippen molar-refractivity contribution >= 4 is 23.5 Å². The number of aryl methyl sites for hydroxylation is 1. The Morgan fingerprint density at radius 1 is 0.966 bits per heavy atom. The first kappa shape index (κ1) is 19.5. The summed E-state index contributed by atoms with van der Waals surface area (Å²) in [5, 5.41) is 0. The van der Waals surface area contributed by atoms with Crippen molar-refractivity contribution < 1.29 is 4.79 Å². The second kappa shape index (κ2) is 9.09. The Kier molecular flexibility index (Phi) is 6.10. The molecule has 2 heterocycles. The molecule has 1 amide bonds. The molecule has 6 heteroatoms. The Labute approximate surface area is 175 Å². The van der Waals surface area contributed by atoms with Gasteiger partial charge in [-0.25, -0.2) is 9.97 Å². The molecule has 1 aliphatic heterocycles. The molecule has 2 aromatic carbocycles.